The molecule has 1 aromatic carbocycles. The molecule has 1 heterocycles. The Morgan fingerprint density at radius 2 is 1.83 bits per heavy atom. The average Bonchev–Trinajstić information content (AvgIpc) is 2.61. The van der Waals surface area contributed by atoms with Gasteiger partial charge in [-0.3, -0.25) is 9.59 Å². The van der Waals surface area contributed by atoms with Gasteiger partial charge in [-0.05, 0) is 30.4 Å². The molecule has 1 amide bonds. The molecule has 1 saturated carbocycles. The molecular weight excluding hydrogens is 288 g/mol. The summed E-state index contributed by atoms with van der Waals surface area (Å²) in [5.74, 6) is 0.405. The fourth-order valence-corrected chi connectivity index (χ4v) is 3.18. The van der Waals surface area contributed by atoms with Gasteiger partial charge in [0.2, 0.25) is 5.56 Å². The Bertz CT molecular complexity index is 716. The summed E-state index contributed by atoms with van der Waals surface area (Å²) < 4.78 is 0. The van der Waals surface area contributed by atoms with Crippen molar-refractivity contribution >= 4 is 5.91 Å². The highest BCUT2D eigenvalue weighted by atomic mass is 16.2. The minimum atomic E-state index is -0.255. The molecule has 1 aliphatic rings. The summed E-state index contributed by atoms with van der Waals surface area (Å²) in [6.07, 6.45) is 6.18. The second kappa shape index (κ2) is 7.27. The van der Waals surface area contributed by atoms with Crippen molar-refractivity contribution in [2.24, 2.45) is 5.92 Å². The summed E-state index contributed by atoms with van der Waals surface area (Å²) in [4.78, 5) is 27.0. The van der Waals surface area contributed by atoms with Crippen molar-refractivity contribution in [2.75, 3.05) is 6.54 Å². The minimum Gasteiger partial charge on any atom is -0.352 e. The van der Waals surface area contributed by atoms with E-state index in [9.17, 15) is 9.59 Å². The Balaban J connectivity index is 1.73. The van der Waals surface area contributed by atoms with Crippen LogP contribution in [0.15, 0.2) is 47.3 Å². The van der Waals surface area contributed by atoms with Crippen LogP contribution < -0.4 is 10.9 Å². The molecule has 0 unspecified atom stereocenters. The van der Waals surface area contributed by atoms with E-state index in [2.05, 4.69) is 10.3 Å². The van der Waals surface area contributed by atoms with Gasteiger partial charge in [0.25, 0.3) is 5.91 Å². The first-order valence-electron chi connectivity index (χ1n) is 8.30. The molecule has 1 fully saturated rings. The van der Waals surface area contributed by atoms with Crippen molar-refractivity contribution in [3.63, 3.8) is 0 Å². The van der Waals surface area contributed by atoms with E-state index in [-0.39, 0.29) is 11.5 Å². The van der Waals surface area contributed by atoms with E-state index in [4.69, 9.17) is 0 Å². The van der Waals surface area contributed by atoms with E-state index in [0.717, 1.165) is 5.56 Å². The average molecular weight is 310 g/mol. The lowest BCUT2D eigenvalue weighted by Gasteiger charge is -2.21. The Morgan fingerprint density at radius 1 is 1.09 bits per heavy atom. The van der Waals surface area contributed by atoms with Crippen LogP contribution in [-0.2, 0) is 0 Å². The molecule has 1 aromatic heterocycles. The first-order valence-corrected chi connectivity index (χ1v) is 8.30. The summed E-state index contributed by atoms with van der Waals surface area (Å²) in [6, 6.07) is 12.7. The molecule has 0 aliphatic heterocycles. The van der Waals surface area contributed by atoms with Crippen LogP contribution in [0.3, 0.4) is 0 Å². The standard InChI is InChI=1S/C19H22N2O2/c22-18-12-16(11-17(21-18)15-9-5-2-6-10-15)19(23)20-13-14-7-3-1-4-8-14/h2,5-6,9-12,14H,1,3-4,7-8,13H2,(H,20,23)(H,21,22). The number of hydrogen-bond donors (Lipinski definition) is 2. The molecular formula is C19H22N2O2. The number of carbonyl (C=O) groups is 1. The van der Waals surface area contributed by atoms with Crippen LogP contribution in [-0.4, -0.2) is 17.4 Å². The Hall–Kier alpha value is -2.36. The van der Waals surface area contributed by atoms with Crippen molar-refractivity contribution in [2.45, 2.75) is 32.1 Å². The van der Waals surface area contributed by atoms with Crippen molar-refractivity contribution in [3.05, 3.63) is 58.4 Å². The zero-order chi connectivity index (χ0) is 16.1. The van der Waals surface area contributed by atoms with E-state index in [1.807, 2.05) is 30.3 Å². The normalized spacial score (nSPS) is 15.3. The Morgan fingerprint density at radius 3 is 2.57 bits per heavy atom. The predicted molar refractivity (Wildman–Crippen MR) is 91.4 cm³/mol. The topological polar surface area (TPSA) is 62.0 Å². The lowest BCUT2D eigenvalue weighted by atomic mass is 9.89. The molecule has 0 atom stereocenters. The van der Waals surface area contributed by atoms with Gasteiger partial charge < -0.3 is 10.3 Å². The smallest absolute Gasteiger partial charge is 0.251 e. The molecule has 120 valence electrons. The lowest BCUT2D eigenvalue weighted by molar-refractivity contribution is 0.0943. The van der Waals surface area contributed by atoms with Crippen molar-refractivity contribution in [3.8, 4) is 11.3 Å². The quantitative estimate of drug-likeness (QED) is 0.909. The van der Waals surface area contributed by atoms with Crippen LogP contribution >= 0.6 is 0 Å². The summed E-state index contributed by atoms with van der Waals surface area (Å²) in [7, 11) is 0. The fourth-order valence-electron chi connectivity index (χ4n) is 3.18. The summed E-state index contributed by atoms with van der Waals surface area (Å²) >= 11 is 0. The third kappa shape index (κ3) is 4.09. The highest BCUT2D eigenvalue weighted by Crippen LogP contribution is 2.23. The number of amides is 1. The van der Waals surface area contributed by atoms with Gasteiger partial charge in [0.1, 0.15) is 0 Å². The number of nitrogens with one attached hydrogen (secondary N) is 2. The molecule has 0 saturated heterocycles. The predicted octanol–water partition coefficient (Wildman–Crippen LogP) is 3.35. The zero-order valence-electron chi connectivity index (χ0n) is 13.2. The van der Waals surface area contributed by atoms with Crippen LogP contribution in [0.5, 0.6) is 0 Å². The lowest BCUT2D eigenvalue weighted by Crippen LogP contribution is -2.31. The number of aromatic amines is 1. The number of H-pyrrole nitrogens is 1. The Kier molecular flexibility index (Phi) is 4.91. The Labute approximate surface area is 135 Å². The summed E-state index contributed by atoms with van der Waals surface area (Å²) in [5.41, 5.74) is 1.73. The number of carbonyl (C=O) groups excluding carboxylic acids is 1. The van der Waals surface area contributed by atoms with E-state index in [1.165, 1.54) is 38.2 Å². The van der Waals surface area contributed by atoms with Gasteiger partial charge in [-0.25, -0.2) is 0 Å². The van der Waals surface area contributed by atoms with E-state index >= 15 is 0 Å². The van der Waals surface area contributed by atoms with Crippen LogP contribution in [0.4, 0.5) is 0 Å². The number of aromatic nitrogens is 1. The highest BCUT2D eigenvalue weighted by Gasteiger charge is 2.15. The van der Waals surface area contributed by atoms with Gasteiger partial charge >= 0.3 is 0 Å². The van der Waals surface area contributed by atoms with E-state index in [0.29, 0.717) is 23.7 Å². The van der Waals surface area contributed by atoms with Crippen molar-refractivity contribution in [1.29, 1.82) is 0 Å². The molecule has 2 N–H and O–H groups in total. The first kappa shape index (κ1) is 15.5. The first-order chi connectivity index (χ1) is 11.2. The molecule has 0 radical (unpaired) electrons. The number of hydrogen-bond acceptors (Lipinski definition) is 2. The van der Waals surface area contributed by atoms with Crippen molar-refractivity contribution < 1.29 is 4.79 Å². The molecule has 4 nitrogen and oxygen atoms in total. The van der Waals surface area contributed by atoms with Gasteiger partial charge in [0.05, 0.1) is 0 Å². The van der Waals surface area contributed by atoms with Gasteiger partial charge in [-0.15, -0.1) is 0 Å². The second-order valence-corrected chi connectivity index (χ2v) is 6.23. The monoisotopic (exact) mass is 310 g/mol. The largest absolute Gasteiger partial charge is 0.352 e. The van der Waals surface area contributed by atoms with Crippen LogP contribution in [0.2, 0.25) is 0 Å². The summed E-state index contributed by atoms with van der Waals surface area (Å²) in [6.45, 7) is 0.701. The van der Waals surface area contributed by atoms with Gasteiger partial charge in [-0.1, -0.05) is 49.6 Å². The highest BCUT2D eigenvalue weighted by molar-refractivity contribution is 5.95. The molecule has 0 spiro atoms. The zero-order valence-corrected chi connectivity index (χ0v) is 13.2. The molecule has 0 bridgehead atoms. The van der Waals surface area contributed by atoms with E-state index in [1.54, 1.807) is 6.07 Å². The van der Waals surface area contributed by atoms with Crippen LogP contribution in [0, 0.1) is 5.92 Å². The van der Waals surface area contributed by atoms with Gasteiger partial charge in [0, 0.05) is 23.9 Å². The SMILES string of the molecule is O=C(NCC1CCCCC1)c1cc(-c2ccccc2)[nH]c(=O)c1. The molecule has 2 aromatic rings. The fraction of sp³-hybridized carbons (Fsp3) is 0.368. The van der Waals surface area contributed by atoms with Crippen LogP contribution in [0.25, 0.3) is 11.3 Å². The maximum Gasteiger partial charge on any atom is 0.251 e. The third-order valence-electron chi connectivity index (χ3n) is 4.47. The summed E-state index contributed by atoms with van der Waals surface area (Å²) in [5, 5.41) is 2.98. The van der Waals surface area contributed by atoms with Crippen LogP contribution in [0.1, 0.15) is 42.5 Å². The number of pyridine rings is 1. The number of benzene rings is 1. The maximum atomic E-state index is 12.4. The maximum absolute atomic E-state index is 12.4. The van der Waals surface area contributed by atoms with E-state index < -0.39 is 0 Å². The third-order valence-corrected chi connectivity index (χ3v) is 4.47. The molecule has 4 heteroatoms. The van der Waals surface area contributed by atoms with Crippen molar-refractivity contribution in [1.82, 2.24) is 10.3 Å². The molecule has 1 aliphatic carbocycles. The second-order valence-electron chi connectivity index (χ2n) is 6.23. The molecule has 3 rings (SSSR count). The van der Waals surface area contributed by atoms with Gasteiger partial charge in [-0.2, -0.15) is 0 Å². The van der Waals surface area contributed by atoms with Gasteiger partial charge in [0.15, 0.2) is 0 Å². The minimum absolute atomic E-state index is 0.168. The number of rotatable bonds is 4. The molecule has 23 heavy (non-hydrogen) atoms.